The summed E-state index contributed by atoms with van der Waals surface area (Å²) in [6, 6.07) is 6.42. The first-order valence-electron chi connectivity index (χ1n) is 6.85. The highest BCUT2D eigenvalue weighted by Crippen LogP contribution is 2.44. The minimum absolute atomic E-state index is 0. The molecule has 0 amide bonds. The van der Waals surface area contributed by atoms with E-state index in [0.29, 0.717) is 0 Å². The van der Waals surface area contributed by atoms with Gasteiger partial charge in [0.25, 0.3) is 0 Å². The van der Waals surface area contributed by atoms with Crippen molar-refractivity contribution in [2.75, 3.05) is 22.5 Å². The molecule has 0 spiro atoms. The fraction of sp³-hybridized carbons (Fsp3) is 0.333. The maximum absolute atomic E-state index is 3.94. The third kappa shape index (κ3) is 2.55. The topological polar surface area (TPSA) is 61.9 Å². The highest BCUT2D eigenvalue weighted by molar-refractivity contribution is 5.85. The lowest BCUT2D eigenvalue weighted by atomic mass is 9.86. The molecule has 0 fully saturated rings. The molecule has 0 bridgehead atoms. The molecular formula is C15H19Cl2N5. The summed E-state index contributed by atoms with van der Waals surface area (Å²) < 4.78 is 0. The average molecular weight is 340 g/mol. The zero-order valence-corrected chi connectivity index (χ0v) is 14.0. The summed E-state index contributed by atoms with van der Waals surface area (Å²) in [6.07, 6.45) is 3.56. The van der Waals surface area contributed by atoms with E-state index in [1.54, 1.807) is 12.4 Å². The van der Waals surface area contributed by atoms with Crippen molar-refractivity contribution in [3.05, 3.63) is 41.7 Å². The van der Waals surface area contributed by atoms with E-state index in [9.17, 15) is 0 Å². The standard InChI is InChI=1S/C15H17N5.2ClH/c1-15(2)8-16-11-6-13-12(5-10(11)15)19-14(20-13)9-3-4-17-18-7-9;;/h3-7,14,16,19-20H,8H2,1-2H3;2*1H. The number of aromatic nitrogens is 2. The molecule has 22 heavy (non-hydrogen) atoms. The van der Waals surface area contributed by atoms with E-state index in [1.807, 2.05) is 6.07 Å². The summed E-state index contributed by atoms with van der Waals surface area (Å²) in [6.45, 7) is 5.53. The first-order chi connectivity index (χ1) is 9.63. The van der Waals surface area contributed by atoms with Gasteiger partial charge in [0.2, 0.25) is 0 Å². The zero-order valence-electron chi connectivity index (χ0n) is 12.4. The van der Waals surface area contributed by atoms with Crippen LogP contribution in [0.5, 0.6) is 0 Å². The first kappa shape index (κ1) is 16.6. The molecule has 2 aliphatic rings. The number of benzene rings is 1. The predicted octanol–water partition coefficient (Wildman–Crippen LogP) is 3.56. The summed E-state index contributed by atoms with van der Waals surface area (Å²) in [4.78, 5) is 0. The lowest BCUT2D eigenvalue weighted by Gasteiger charge is -2.17. The van der Waals surface area contributed by atoms with Gasteiger partial charge in [-0.1, -0.05) is 13.8 Å². The second-order valence-electron chi connectivity index (χ2n) is 6.08. The molecule has 3 N–H and O–H groups in total. The van der Waals surface area contributed by atoms with Crippen LogP contribution in [0.2, 0.25) is 0 Å². The SMILES string of the molecule is CC1(C)CNc2cc3c(cc21)NC(c1ccnnc1)N3.Cl.Cl. The van der Waals surface area contributed by atoms with E-state index in [0.717, 1.165) is 23.5 Å². The van der Waals surface area contributed by atoms with Crippen LogP contribution in [0.4, 0.5) is 17.1 Å². The van der Waals surface area contributed by atoms with E-state index < -0.39 is 0 Å². The molecule has 0 saturated carbocycles. The van der Waals surface area contributed by atoms with Crippen LogP contribution in [0, 0.1) is 0 Å². The molecule has 118 valence electrons. The molecule has 3 heterocycles. The molecule has 5 nitrogen and oxygen atoms in total. The van der Waals surface area contributed by atoms with Gasteiger partial charge >= 0.3 is 0 Å². The van der Waals surface area contributed by atoms with Gasteiger partial charge in [-0.25, -0.2) is 0 Å². The Labute approximate surface area is 142 Å². The monoisotopic (exact) mass is 339 g/mol. The van der Waals surface area contributed by atoms with E-state index in [-0.39, 0.29) is 36.4 Å². The highest BCUT2D eigenvalue weighted by atomic mass is 35.5. The number of hydrogen-bond donors (Lipinski definition) is 3. The average Bonchev–Trinajstić information content (AvgIpc) is 2.99. The minimum Gasteiger partial charge on any atom is -0.384 e. The molecule has 0 radical (unpaired) electrons. The van der Waals surface area contributed by atoms with Gasteiger partial charge in [0.1, 0.15) is 6.17 Å². The molecule has 7 heteroatoms. The van der Waals surface area contributed by atoms with Crippen molar-refractivity contribution in [3.8, 4) is 0 Å². The van der Waals surface area contributed by atoms with E-state index >= 15 is 0 Å². The number of nitrogens with zero attached hydrogens (tertiary/aromatic N) is 2. The van der Waals surface area contributed by atoms with Gasteiger partial charge in [-0.3, -0.25) is 0 Å². The number of nitrogens with one attached hydrogen (secondary N) is 3. The number of hydrogen-bond acceptors (Lipinski definition) is 5. The Kier molecular flexibility index (Phi) is 4.40. The molecule has 0 saturated heterocycles. The number of fused-ring (bicyclic) bond motifs is 2. The van der Waals surface area contributed by atoms with Crippen LogP contribution in [0.15, 0.2) is 30.6 Å². The fourth-order valence-corrected chi connectivity index (χ4v) is 2.94. The van der Waals surface area contributed by atoms with Gasteiger partial charge in [-0.15, -0.1) is 24.8 Å². The predicted molar refractivity (Wildman–Crippen MR) is 94.5 cm³/mol. The fourth-order valence-electron chi connectivity index (χ4n) is 2.94. The van der Waals surface area contributed by atoms with Crippen molar-refractivity contribution in [2.45, 2.75) is 25.4 Å². The second-order valence-corrected chi connectivity index (χ2v) is 6.08. The van der Waals surface area contributed by atoms with E-state index in [4.69, 9.17) is 0 Å². The van der Waals surface area contributed by atoms with Crippen LogP contribution in [-0.4, -0.2) is 16.7 Å². The Bertz CT molecular complexity index is 675. The molecule has 1 unspecified atom stereocenters. The number of anilines is 3. The van der Waals surface area contributed by atoms with Gasteiger partial charge < -0.3 is 16.0 Å². The number of rotatable bonds is 1. The molecule has 1 aromatic heterocycles. The summed E-state index contributed by atoms with van der Waals surface area (Å²) >= 11 is 0. The quantitative estimate of drug-likeness (QED) is 0.741. The van der Waals surface area contributed by atoms with Crippen LogP contribution in [0.25, 0.3) is 0 Å². The number of halogens is 2. The van der Waals surface area contributed by atoms with Crippen molar-refractivity contribution in [3.63, 3.8) is 0 Å². The summed E-state index contributed by atoms with van der Waals surface area (Å²) in [5, 5.41) is 18.2. The van der Waals surface area contributed by atoms with Crippen LogP contribution in [0.3, 0.4) is 0 Å². The van der Waals surface area contributed by atoms with Crippen molar-refractivity contribution >= 4 is 41.9 Å². The summed E-state index contributed by atoms with van der Waals surface area (Å²) in [5.41, 5.74) is 6.17. The van der Waals surface area contributed by atoms with Crippen molar-refractivity contribution in [2.24, 2.45) is 0 Å². The van der Waals surface area contributed by atoms with Gasteiger partial charge in [0.05, 0.1) is 17.6 Å². The Morgan fingerprint density at radius 2 is 1.77 bits per heavy atom. The maximum Gasteiger partial charge on any atom is 0.125 e. The molecular weight excluding hydrogens is 321 g/mol. The Hall–Kier alpha value is -1.72. The first-order valence-corrected chi connectivity index (χ1v) is 6.85. The maximum atomic E-state index is 3.94. The van der Waals surface area contributed by atoms with Crippen LogP contribution >= 0.6 is 24.8 Å². The molecule has 2 aromatic rings. The van der Waals surface area contributed by atoms with Crippen LogP contribution < -0.4 is 16.0 Å². The Balaban J connectivity index is 0.000000882. The Morgan fingerprint density at radius 1 is 1.05 bits per heavy atom. The lowest BCUT2D eigenvalue weighted by molar-refractivity contribution is 0.586. The van der Waals surface area contributed by atoms with Gasteiger partial charge in [0, 0.05) is 29.4 Å². The second kappa shape index (κ2) is 5.82. The minimum atomic E-state index is 0. The summed E-state index contributed by atoms with van der Waals surface area (Å²) in [7, 11) is 0. The van der Waals surface area contributed by atoms with Crippen LogP contribution in [0.1, 0.15) is 31.1 Å². The van der Waals surface area contributed by atoms with Gasteiger partial charge in [0.15, 0.2) is 0 Å². The largest absolute Gasteiger partial charge is 0.384 e. The third-order valence-corrected chi connectivity index (χ3v) is 4.15. The molecule has 0 aliphatic carbocycles. The van der Waals surface area contributed by atoms with Crippen molar-refractivity contribution in [1.29, 1.82) is 0 Å². The summed E-state index contributed by atoms with van der Waals surface area (Å²) in [5.74, 6) is 0. The van der Waals surface area contributed by atoms with E-state index in [2.05, 4.69) is 52.1 Å². The molecule has 4 rings (SSSR count). The molecule has 1 atom stereocenters. The van der Waals surface area contributed by atoms with Crippen LogP contribution in [-0.2, 0) is 5.41 Å². The van der Waals surface area contributed by atoms with Crippen molar-refractivity contribution in [1.82, 2.24) is 10.2 Å². The normalized spacial score (nSPS) is 19.5. The third-order valence-electron chi connectivity index (χ3n) is 4.15. The smallest absolute Gasteiger partial charge is 0.125 e. The van der Waals surface area contributed by atoms with Gasteiger partial charge in [-0.05, 0) is 23.8 Å². The van der Waals surface area contributed by atoms with Crippen molar-refractivity contribution < 1.29 is 0 Å². The Morgan fingerprint density at radius 3 is 2.45 bits per heavy atom. The lowest BCUT2D eigenvalue weighted by Crippen LogP contribution is -2.19. The molecule has 1 aromatic carbocycles. The highest BCUT2D eigenvalue weighted by Gasteiger charge is 2.32. The van der Waals surface area contributed by atoms with E-state index in [1.165, 1.54) is 11.3 Å². The van der Waals surface area contributed by atoms with Gasteiger partial charge in [-0.2, -0.15) is 10.2 Å². The molecule has 2 aliphatic heterocycles. The zero-order chi connectivity index (χ0) is 13.7.